The SMILES string of the molecule is CC[C@@H](C(=O)NCC(C)C)N(Cc1ccccc1C)C(=O)Cc1ccc(Cl)cc1. The van der Waals surface area contributed by atoms with Crippen molar-refractivity contribution < 1.29 is 9.59 Å². The molecule has 0 bridgehead atoms. The van der Waals surface area contributed by atoms with E-state index in [9.17, 15) is 9.59 Å². The summed E-state index contributed by atoms with van der Waals surface area (Å²) in [6.45, 7) is 9.08. The van der Waals surface area contributed by atoms with E-state index < -0.39 is 6.04 Å². The second-order valence-electron chi connectivity index (χ2n) is 7.81. The van der Waals surface area contributed by atoms with Gasteiger partial charge >= 0.3 is 0 Å². The Morgan fingerprint density at radius 2 is 1.72 bits per heavy atom. The fourth-order valence-corrected chi connectivity index (χ4v) is 3.32. The number of aryl methyl sites for hydroxylation is 1. The van der Waals surface area contributed by atoms with Crippen LogP contribution in [0.5, 0.6) is 0 Å². The van der Waals surface area contributed by atoms with Crippen LogP contribution in [0, 0.1) is 12.8 Å². The Labute approximate surface area is 179 Å². The topological polar surface area (TPSA) is 49.4 Å². The molecule has 29 heavy (non-hydrogen) atoms. The molecule has 1 atom stereocenters. The molecule has 1 N–H and O–H groups in total. The number of carbonyl (C=O) groups excluding carboxylic acids is 2. The van der Waals surface area contributed by atoms with Gasteiger partial charge in [0.1, 0.15) is 6.04 Å². The number of nitrogens with zero attached hydrogens (tertiary/aromatic N) is 1. The fraction of sp³-hybridized carbons (Fsp3) is 0.417. The van der Waals surface area contributed by atoms with E-state index in [1.807, 2.05) is 50.2 Å². The molecule has 2 aromatic carbocycles. The van der Waals surface area contributed by atoms with Gasteiger partial charge < -0.3 is 10.2 Å². The minimum atomic E-state index is -0.506. The summed E-state index contributed by atoms with van der Waals surface area (Å²) in [5.74, 6) is 0.187. The Hall–Kier alpha value is -2.33. The first kappa shape index (κ1) is 23.0. The third kappa shape index (κ3) is 6.90. The first-order chi connectivity index (χ1) is 13.8. The molecule has 0 heterocycles. The van der Waals surface area contributed by atoms with Gasteiger partial charge in [-0.3, -0.25) is 9.59 Å². The smallest absolute Gasteiger partial charge is 0.242 e. The molecule has 2 rings (SSSR count). The number of benzene rings is 2. The highest BCUT2D eigenvalue weighted by Gasteiger charge is 2.28. The zero-order valence-corrected chi connectivity index (χ0v) is 18.5. The Kier molecular flexibility index (Phi) is 8.71. The van der Waals surface area contributed by atoms with Crippen LogP contribution in [-0.2, 0) is 22.6 Å². The summed E-state index contributed by atoms with van der Waals surface area (Å²) in [6, 6.07) is 14.7. The van der Waals surface area contributed by atoms with Crippen molar-refractivity contribution in [1.82, 2.24) is 10.2 Å². The third-order valence-corrected chi connectivity index (χ3v) is 5.19. The van der Waals surface area contributed by atoms with Crippen molar-refractivity contribution in [2.24, 2.45) is 5.92 Å². The molecule has 0 aliphatic carbocycles. The molecule has 0 spiro atoms. The average molecular weight is 415 g/mol. The lowest BCUT2D eigenvalue weighted by Crippen LogP contribution is -2.50. The van der Waals surface area contributed by atoms with Crippen LogP contribution in [0.25, 0.3) is 0 Å². The van der Waals surface area contributed by atoms with Crippen LogP contribution in [0.1, 0.15) is 43.9 Å². The van der Waals surface area contributed by atoms with Crippen molar-refractivity contribution in [3.05, 3.63) is 70.2 Å². The van der Waals surface area contributed by atoms with Gasteiger partial charge in [0.05, 0.1) is 6.42 Å². The molecule has 5 heteroatoms. The molecule has 0 aliphatic rings. The van der Waals surface area contributed by atoms with Crippen LogP contribution >= 0.6 is 11.6 Å². The zero-order valence-electron chi connectivity index (χ0n) is 17.7. The van der Waals surface area contributed by atoms with Crippen LogP contribution in [0.15, 0.2) is 48.5 Å². The van der Waals surface area contributed by atoms with Gasteiger partial charge in [-0.2, -0.15) is 0 Å². The van der Waals surface area contributed by atoms with Crippen molar-refractivity contribution in [1.29, 1.82) is 0 Å². The lowest BCUT2D eigenvalue weighted by Gasteiger charge is -2.31. The monoisotopic (exact) mass is 414 g/mol. The summed E-state index contributed by atoms with van der Waals surface area (Å²) >= 11 is 5.96. The Balaban J connectivity index is 2.27. The molecule has 0 saturated carbocycles. The number of carbonyl (C=O) groups is 2. The van der Waals surface area contributed by atoms with E-state index in [4.69, 9.17) is 11.6 Å². The van der Waals surface area contributed by atoms with Crippen molar-refractivity contribution in [2.75, 3.05) is 6.54 Å². The summed E-state index contributed by atoms with van der Waals surface area (Å²) in [4.78, 5) is 27.9. The van der Waals surface area contributed by atoms with Crippen molar-refractivity contribution >= 4 is 23.4 Å². The molecule has 156 valence electrons. The maximum Gasteiger partial charge on any atom is 0.242 e. The Bertz CT molecular complexity index is 818. The lowest BCUT2D eigenvalue weighted by molar-refractivity contribution is -0.141. The molecule has 0 radical (unpaired) electrons. The number of hydrogen-bond donors (Lipinski definition) is 1. The van der Waals surface area contributed by atoms with E-state index in [-0.39, 0.29) is 18.2 Å². The molecule has 2 amide bonds. The second kappa shape index (κ2) is 11.0. The summed E-state index contributed by atoms with van der Waals surface area (Å²) in [6.07, 6.45) is 0.791. The quantitative estimate of drug-likeness (QED) is 0.642. The largest absolute Gasteiger partial charge is 0.354 e. The van der Waals surface area contributed by atoms with E-state index in [2.05, 4.69) is 19.2 Å². The van der Waals surface area contributed by atoms with Gasteiger partial charge in [-0.05, 0) is 48.1 Å². The maximum atomic E-state index is 13.3. The minimum Gasteiger partial charge on any atom is -0.354 e. The molecule has 0 unspecified atom stereocenters. The highest BCUT2D eigenvalue weighted by atomic mass is 35.5. The van der Waals surface area contributed by atoms with E-state index in [0.717, 1.165) is 16.7 Å². The fourth-order valence-electron chi connectivity index (χ4n) is 3.19. The molecule has 0 aromatic heterocycles. The van der Waals surface area contributed by atoms with Crippen LogP contribution in [0.3, 0.4) is 0 Å². The average Bonchev–Trinajstić information content (AvgIpc) is 2.69. The molecule has 4 nitrogen and oxygen atoms in total. The molecular weight excluding hydrogens is 384 g/mol. The Morgan fingerprint density at radius 1 is 1.07 bits per heavy atom. The number of halogens is 1. The highest BCUT2D eigenvalue weighted by Crippen LogP contribution is 2.18. The van der Waals surface area contributed by atoms with Crippen LogP contribution in [0.4, 0.5) is 0 Å². The number of amides is 2. The van der Waals surface area contributed by atoms with Gasteiger partial charge in [0.2, 0.25) is 11.8 Å². The Morgan fingerprint density at radius 3 is 2.31 bits per heavy atom. The third-order valence-electron chi connectivity index (χ3n) is 4.94. The van der Waals surface area contributed by atoms with E-state index in [0.29, 0.717) is 30.5 Å². The summed E-state index contributed by atoms with van der Waals surface area (Å²) in [5.41, 5.74) is 3.04. The molecule has 0 aliphatic heterocycles. The van der Waals surface area contributed by atoms with Crippen molar-refractivity contribution in [3.63, 3.8) is 0 Å². The normalized spacial score (nSPS) is 11.9. The maximum absolute atomic E-state index is 13.3. The van der Waals surface area contributed by atoms with Crippen molar-refractivity contribution in [2.45, 2.75) is 53.1 Å². The van der Waals surface area contributed by atoms with Crippen LogP contribution < -0.4 is 5.32 Å². The molecular formula is C24H31ClN2O2. The molecule has 0 saturated heterocycles. The number of rotatable bonds is 9. The summed E-state index contributed by atoms with van der Waals surface area (Å²) in [5, 5.41) is 3.63. The van der Waals surface area contributed by atoms with Gasteiger partial charge in [-0.15, -0.1) is 0 Å². The minimum absolute atomic E-state index is 0.0675. The summed E-state index contributed by atoms with van der Waals surface area (Å²) < 4.78 is 0. The number of hydrogen-bond acceptors (Lipinski definition) is 2. The van der Waals surface area contributed by atoms with Gasteiger partial charge in [0.25, 0.3) is 0 Å². The van der Waals surface area contributed by atoms with Gasteiger partial charge in [0, 0.05) is 18.1 Å². The second-order valence-corrected chi connectivity index (χ2v) is 8.25. The van der Waals surface area contributed by atoms with E-state index in [1.165, 1.54) is 0 Å². The first-order valence-electron chi connectivity index (χ1n) is 10.2. The first-order valence-corrected chi connectivity index (χ1v) is 10.6. The van der Waals surface area contributed by atoms with E-state index >= 15 is 0 Å². The van der Waals surface area contributed by atoms with Gasteiger partial charge in [-0.25, -0.2) is 0 Å². The van der Waals surface area contributed by atoms with E-state index in [1.54, 1.807) is 17.0 Å². The molecule has 2 aromatic rings. The van der Waals surface area contributed by atoms with Gasteiger partial charge in [-0.1, -0.05) is 68.8 Å². The highest BCUT2D eigenvalue weighted by molar-refractivity contribution is 6.30. The lowest BCUT2D eigenvalue weighted by atomic mass is 10.0. The zero-order chi connectivity index (χ0) is 21.4. The van der Waals surface area contributed by atoms with Gasteiger partial charge in [0.15, 0.2) is 0 Å². The molecule has 0 fully saturated rings. The van der Waals surface area contributed by atoms with Crippen LogP contribution in [-0.4, -0.2) is 29.3 Å². The van der Waals surface area contributed by atoms with Crippen molar-refractivity contribution in [3.8, 4) is 0 Å². The predicted molar refractivity (Wildman–Crippen MR) is 119 cm³/mol. The summed E-state index contributed by atoms with van der Waals surface area (Å²) in [7, 11) is 0. The predicted octanol–water partition coefficient (Wildman–Crippen LogP) is 4.77. The van der Waals surface area contributed by atoms with Crippen LogP contribution in [0.2, 0.25) is 5.02 Å². The standard InChI is InChI=1S/C24H31ClN2O2/c1-5-22(24(29)26-15-17(2)3)27(16-20-9-7-6-8-18(20)4)23(28)14-19-10-12-21(25)13-11-19/h6-13,17,22H,5,14-16H2,1-4H3,(H,26,29)/t22-/m0/s1. The number of nitrogens with one attached hydrogen (secondary N) is 1.